The minimum atomic E-state index is -0.684. The van der Waals surface area contributed by atoms with E-state index in [1.54, 1.807) is 0 Å². The number of carboxylic acids is 1. The smallest absolute Gasteiger partial charge is 0.303 e. The molecule has 1 N–H and O–H groups in total. The van der Waals surface area contributed by atoms with Crippen LogP contribution in [-0.2, 0) is 11.2 Å². The summed E-state index contributed by atoms with van der Waals surface area (Å²) in [5.41, 5.74) is 1.47. The molecule has 2 atom stereocenters. The van der Waals surface area contributed by atoms with Crippen molar-refractivity contribution in [2.75, 3.05) is 0 Å². The van der Waals surface area contributed by atoms with E-state index < -0.39 is 5.97 Å². The molecule has 0 unspecified atom stereocenters. The molecule has 0 radical (unpaired) electrons. The third-order valence-corrected chi connectivity index (χ3v) is 5.57. The molecule has 1 fully saturated rings. The van der Waals surface area contributed by atoms with Gasteiger partial charge >= 0.3 is 5.97 Å². The molecule has 2 heteroatoms. The van der Waals surface area contributed by atoms with Gasteiger partial charge in [0.15, 0.2) is 0 Å². The molecule has 1 aromatic rings. The number of carboxylic acid groups (broad SMARTS) is 1. The Kier molecular flexibility index (Phi) is 9.40. The van der Waals surface area contributed by atoms with Crippen molar-refractivity contribution in [1.82, 2.24) is 0 Å². The number of carbonyl (C=O) groups is 1. The number of aryl methyl sites for hydroxylation is 1. The summed E-state index contributed by atoms with van der Waals surface area (Å²) in [6, 6.07) is 10.8. The standard InChI is InChI=1S/C23H34O2/c24-23(25)19-10-2-1-8-15-21-17-11-18-22(21)16-9-4-7-14-20-12-5-3-6-13-20/h1,3,5-6,8,12-13,21-22H,2,4,7,9-11,14-19H2,(H,24,25)/b8-1-/t21-,22-/m0/s1. The van der Waals surface area contributed by atoms with Crippen molar-refractivity contribution in [2.24, 2.45) is 11.8 Å². The van der Waals surface area contributed by atoms with Gasteiger partial charge in [-0.05, 0) is 55.9 Å². The highest BCUT2D eigenvalue weighted by atomic mass is 16.4. The SMILES string of the molecule is O=C(O)CCC/C=C\C[C@H]1CCC[C@@H]1CCCCCc1ccccc1. The van der Waals surface area contributed by atoms with Crippen LogP contribution >= 0.6 is 0 Å². The molecule has 0 bridgehead atoms. The summed E-state index contributed by atoms with van der Waals surface area (Å²) < 4.78 is 0. The molecule has 0 heterocycles. The van der Waals surface area contributed by atoms with E-state index in [1.165, 1.54) is 63.4 Å². The maximum Gasteiger partial charge on any atom is 0.303 e. The van der Waals surface area contributed by atoms with E-state index >= 15 is 0 Å². The first kappa shape index (κ1) is 19.8. The van der Waals surface area contributed by atoms with E-state index in [-0.39, 0.29) is 0 Å². The lowest BCUT2D eigenvalue weighted by Gasteiger charge is -2.18. The Labute approximate surface area is 153 Å². The Hall–Kier alpha value is -1.57. The monoisotopic (exact) mass is 342 g/mol. The third-order valence-electron chi connectivity index (χ3n) is 5.57. The van der Waals surface area contributed by atoms with Crippen LogP contribution in [0.4, 0.5) is 0 Å². The molecule has 2 nitrogen and oxygen atoms in total. The molecule has 0 spiro atoms. The van der Waals surface area contributed by atoms with E-state index in [4.69, 9.17) is 5.11 Å². The van der Waals surface area contributed by atoms with E-state index in [2.05, 4.69) is 42.5 Å². The Morgan fingerprint density at radius 1 is 1.00 bits per heavy atom. The zero-order valence-electron chi connectivity index (χ0n) is 15.5. The Bertz CT molecular complexity index is 506. The number of unbranched alkanes of at least 4 members (excludes halogenated alkanes) is 3. The lowest BCUT2D eigenvalue weighted by Crippen LogP contribution is -2.07. The van der Waals surface area contributed by atoms with Crippen LogP contribution in [0.2, 0.25) is 0 Å². The van der Waals surface area contributed by atoms with Crippen molar-refractivity contribution in [3.05, 3.63) is 48.0 Å². The van der Waals surface area contributed by atoms with Crippen LogP contribution < -0.4 is 0 Å². The van der Waals surface area contributed by atoms with E-state index in [0.717, 1.165) is 24.7 Å². The molecule has 1 aliphatic carbocycles. The number of benzene rings is 1. The van der Waals surface area contributed by atoms with Crippen LogP contribution in [0.1, 0.15) is 76.2 Å². The average Bonchev–Trinajstić information content (AvgIpc) is 3.06. The molecule has 138 valence electrons. The van der Waals surface area contributed by atoms with Crippen molar-refractivity contribution in [3.8, 4) is 0 Å². The number of hydrogen-bond donors (Lipinski definition) is 1. The van der Waals surface area contributed by atoms with Gasteiger partial charge in [0.05, 0.1) is 0 Å². The van der Waals surface area contributed by atoms with Gasteiger partial charge in [0, 0.05) is 6.42 Å². The average molecular weight is 343 g/mol. The van der Waals surface area contributed by atoms with Crippen molar-refractivity contribution in [1.29, 1.82) is 0 Å². The van der Waals surface area contributed by atoms with Crippen LogP contribution in [0.5, 0.6) is 0 Å². The van der Waals surface area contributed by atoms with Crippen LogP contribution in [-0.4, -0.2) is 11.1 Å². The molecule has 1 saturated carbocycles. The first-order valence-electron chi connectivity index (χ1n) is 10.2. The van der Waals surface area contributed by atoms with Crippen LogP contribution in [0.15, 0.2) is 42.5 Å². The second kappa shape index (κ2) is 11.9. The molecule has 1 aromatic carbocycles. The Morgan fingerprint density at radius 3 is 2.60 bits per heavy atom. The third kappa shape index (κ3) is 8.38. The zero-order valence-corrected chi connectivity index (χ0v) is 15.5. The molecule has 0 aromatic heterocycles. The van der Waals surface area contributed by atoms with Gasteiger partial charge in [-0.3, -0.25) is 4.79 Å². The minimum Gasteiger partial charge on any atom is -0.481 e. The number of hydrogen-bond acceptors (Lipinski definition) is 1. The van der Waals surface area contributed by atoms with Gasteiger partial charge < -0.3 is 5.11 Å². The first-order valence-corrected chi connectivity index (χ1v) is 10.2. The first-order chi connectivity index (χ1) is 12.3. The largest absolute Gasteiger partial charge is 0.481 e. The van der Waals surface area contributed by atoms with Crippen LogP contribution in [0.3, 0.4) is 0 Å². The highest BCUT2D eigenvalue weighted by molar-refractivity contribution is 5.66. The predicted molar refractivity (Wildman–Crippen MR) is 105 cm³/mol. The lowest BCUT2D eigenvalue weighted by molar-refractivity contribution is -0.137. The second-order valence-electron chi connectivity index (χ2n) is 7.53. The number of aliphatic carboxylic acids is 1. The van der Waals surface area contributed by atoms with Crippen molar-refractivity contribution in [3.63, 3.8) is 0 Å². The number of allylic oxidation sites excluding steroid dienone is 2. The van der Waals surface area contributed by atoms with Gasteiger partial charge in [0.1, 0.15) is 0 Å². The van der Waals surface area contributed by atoms with E-state index in [9.17, 15) is 4.79 Å². The predicted octanol–water partition coefficient (Wildman–Crippen LogP) is 6.41. The fourth-order valence-electron chi connectivity index (χ4n) is 4.12. The summed E-state index contributed by atoms with van der Waals surface area (Å²) in [6.45, 7) is 0. The summed E-state index contributed by atoms with van der Waals surface area (Å²) in [7, 11) is 0. The molecule has 0 amide bonds. The highest BCUT2D eigenvalue weighted by Gasteiger charge is 2.25. The summed E-state index contributed by atoms with van der Waals surface area (Å²) in [5.74, 6) is 1.10. The quantitative estimate of drug-likeness (QED) is 0.352. The van der Waals surface area contributed by atoms with Gasteiger partial charge in [0.2, 0.25) is 0 Å². The highest BCUT2D eigenvalue weighted by Crippen LogP contribution is 2.37. The molecule has 1 aliphatic rings. The molecular weight excluding hydrogens is 308 g/mol. The van der Waals surface area contributed by atoms with Crippen molar-refractivity contribution in [2.45, 2.75) is 77.0 Å². The van der Waals surface area contributed by atoms with Gasteiger partial charge in [0.25, 0.3) is 0 Å². The molecule has 25 heavy (non-hydrogen) atoms. The summed E-state index contributed by atoms with van der Waals surface area (Å²) in [5, 5.41) is 8.64. The zero-order chi connectivity index (χ0) is 17.7. The summed E-state index contributed by atoms with van der Waals surface area (Å²) in [4.78, 5) is 10.5. The summed E-state index contributed by atoms with van der Waals surface area (Å²) >= 11 is 0. The topological polar surface area (TPSA) is 37.3 Å². The van der Waals surface area contributed by atoms with Gasteiger partial charge in [-0.2, -0.15) is 0 Å². The van der Waals surface area contributed by atoms with Crippen LogP contribution in [0.25, 0.3) is 0 Å². The lowest BCUT2D eigenvalue weighted by atomic mass is 9.88. The molecular formula is C23H34O2. The van der Waals surface area contributed by atoms with E-state index in [1.807, 2.05) is 0 Å². The maximum atomic E-state index is 10.5. The van der Waals surface area contributed by atoms with Gasteiger partial charge in [-0.25, -0.2) is 0 Å². The minimum absolute atomic E-state index is 0.291. The molecule has 2 rings (SSSR count). The maximum absolute atomic E-state index is 10.5. The van der Waals surface area contributed by atoms with Gasteiger partial charge in [-0.1, -0.05) is 74.6 Å². The summed E-state index contributed by atoms with van der Waals surface area (Å²) in [6.07, 6.45) is 18.5. The normalized spacial score (nSPS) is 20.3. The van der Waals surface area contributed by atoms with E-state index in [0.29, 0.717) is 6.42 Å². The molecule has 0 saturated heterocycles. The Morgan fingerprint density at radius 2 is 1.80 bits per heavy atom. The van der Waals surface area contributed by atoms with Gasteiger partial charge in [-0.15, -0.1) is 0 Å². The fourth-order valence-corrected chi connectivity index (χ4v) is 4.12. The van der Waals surface area contributed by atoms with Crippen molar-refractivity contribution >= 4 is 5.97 Å². The Balaban J connectivity index is 1.54. The number of rotatable bonds is 12. The second-order valence-corrected chi connectivity index (χ2v) is 7.53. The molecule has 0 aliphatic heterocycles. The fraction of sp³-hybridized carbons (Fsp3) is 0.609. The van der Waals surface area contributed by atoms with Crippen molar-refractivity contribution < 1.29 is 9.90 Å². The van der Waals surface area contributed by atoms with Crippen LogP contribution in [0, 0.1) is 11.8 Å².